The molecule has 0 aromatic heterocycles. The minimum absolute atomic E-state index is 0.348. The van der Waals surface area contributed by atoms with Crippen molar-refractivity contribution in [3.63, 3.8) is 0 Å². The van der Waals surface area contributed by atoms with Gasteiger partial charge in [0.2, 0.25) is 0 Å². The number of benzene rings is 2. The Morgan fingerprint density at radius 2 is 1.11 bits per heavy atom. The summed E-state index contributed by atoms with van der Waals surface area (Å²) in [5.41, 5.74) is 3.41. The van der Waals surface area contributed by atoms with Crippen molar-refractivity contribution < 1.29 is 0 Å². The third-order valence-electron chi connectivity index (χ3n) is 5.08. The summed E-state index contributed by atoms with van der Waals surface area (Å²) in [6.45, 7) is 0. The highest BCUT2D eigenvalue weighted by Gasteiger charge is 2.67. The van der Waals surface area contributed by atoms with Crippen molar-refractivity contribution in [2.45, 2.75) is 24.7 Å². The highest BCUT2D eigenvalue weighted by Crippen LogP contribution is 2.70. The molecule has 2 aliphatic rings. The zero-order valence-corrected chi connectivity index (χ0v) is 10.5. The summed E-state index contributed by atoms with van der Waals surface area (Å²) in [7, 11) is 0. The van der Waals surface area contributed by atoms with E-state index in [4.69, 9.17) is 0 Å². The number of hydrogen-bond donors (Lipinski definition) is 0. The lowest BCUT2D eigenvalue weighted by Crippen LogP contribution is -2.16. The molecule has 0 heterocycles. The molecule has 2 saturated carbocycles. The van der Waals surface area contributed by atoms with E-state index in [0.717, 1.165) is 11.8 Å². The molecule has 0 N–H and O–H groups in total. The second-order valence-electron chi connectivity index (χ2n) is 5.74. The van der Waals surface area contributed by atoms with Crippen LogP contribution in [0, 0.1) is 11.8 Å². The van der Waals surface area contributed by atoms with Gasteiger partial charge in [0, 0.05) is 5.41 Å². The molecule has 2 aromatic carbocycles. The van der Waals surface area contributed by atoms with Crippen LogP contribution in [0.15, 0.2) is 60.7 Å². The van der Waals surface area contributed by atoms with Crippen LogP contribution in [0.3, 0.4) is 0 Å². The van der Waals surface area contributed by atoms with Crippen molar-refractivity contribution in [1.29, 1.82) is 0 Å². The van der Waals surface area contributed by atoms with Crippen molar-refractivity contribution in [2.75, 3.05) is 0 Å². The normalized spacial score (nSPS) is 27.8. The van der Waals surface area contributed by atoms with Gasteiger partial charge in [0.1, 0.15) is 0 Å². The molecule has 2 unspecified atom stereocenters. The fourth-order valence-electron chi connectivity index (χ4n) is 4.40. The Morgan fingerprint density at radius 1 is 0.667 bits per heavy atom. The molecule has 18 heavy (non-hydrogen) atoms. The average molecular weight is 234 g/mol. The Labute approximate surface area is 109 Å². The minimum atomic E-state index is 0.348. The molecule has 0 bridgehead atoms. The molecule has 2 aliphatic carbocycles. The monoisotopic (exact) mass is 234 g/mol. The van der Waals surface area contributed by atoms with E-state index in [1.165, 1.54) is 30.4 Å². The Hall–Kier alpha value is -1.56. The molecule has 0 spiro atoms. The van der Waals surface area contributed by atoms with E-state index in [-0.39, 0.29) is 0 Å². The number of rotatable bonds is 2. The van der Waals surface area contributed by atoms with Gasteiger partial charge in [-0.2, -0.15) is 0 Å². The van der Waals surface area contributed by atoms with E-state index in [2.05, 4.69) is 60.7 Å². The van der Waals surface area contributed by atoms with Gasteiger partial charge in [0.25, 0.3) is 0 Å². The summed E-state index contributed by atoms with van der Waals surface area (Å²) < 4.78 is 0. The SMILES string of the molecule is c1ccc(C2(c3ccccc3)C3CCCC32)cc1. The Balaban J connectivity index is 1.87. The van der Waals surface area contributed by atoms with Gasteiger partial charge < -0.3 is 0 Å². The molecule has 0 nitrogen and oxygen atoms in total. The van der Waals surface area contributed by atoms with E-state index in [0.29, 0.717) is 5.41 Å². The summed E-state index contributed by atoms with van der Waals surface area (Å²) in [5.74, 6) is 1.78. The van der Waals surface area contributed by atoms with Gasteiger partial charge in [0.15, 0.2) is 0 Å². The Morgan fingerprint density at radius 3 is 1.56 bits per heavy atom. The van der Waals surface area contributed by atoms with Crippen molar-refractivity contribution in [1.82, 2.24) is 0 Å². The fraction of sp³-hybridized carbons (Fsp3) is 0.333. The molecule has 2 fully saturated rings. The summed E-state index contributed by atoms with van der Waals surface area (Å²) in [6.07, 6.45) is 4.25. The molecular weight excluding hydrogens is 216 g/mol. The first-order valence-corrected chi connectivity index (χ1v) is 7.05. The van der Waals surface area contributed by atoms with Gasteiger partial charge in [-0.25, -0.2) is 0 Å². The predicted octanol–water partition coefficient (Wildman–Crippen LogP) is 4.40. The molecule has 0 saturated heterocycles. The van der Waals surface area contributed by atoms with E-state index in [1.807, 2.05) is 0 Å². The molecule has 90 valence electrons. The van der Waals surface area contributed by atoms with Crippen LogP contribution in [0.2, 0.25) is 0 Å². The average Bonchev–Trinajstić information content (AvgIpc) is 2.82. The van der Waals surface area contributed by atoms with Crippen molar-refractivity contribution in [3.8, 4) is 0 Å². The second kappa shape index (κ2) is 3.71. The van der Waals surface area contributed by atoms with Gasteiger partial charge in [-0.15, -0.1) is 0 Å². The summed E-state index contributed by atoms with van der Waals surface area (Å²) >= 11 is 0. The smallest absolute Gasteiger partial charge is 0.0265 e. The molecule has 2 aromatic rings. The highest BCUT2D eigenvalue weighted by atomic mass is 14.7. The second-order valence-corrected chi connectivity index (χ2v) is 5.74. The molecule has 0 radical (unpaired) electrons. The van der Waals surface area contributed by atoms with Gasteiger partial charge in [-0.05, 0) is 35.8 Å². The third kappa shape index (κ3) is 1.21. The topological polar surface area (TPSA) is 0 Å². The lowest BCUT2D eigenvalue weighted by molar-refractivity contribution is 0.580. The summed E-state index contributed by atoms with van der Waals surface area (Å²) in [6, 6.07) is 22.3. The molecule has 0 heteroatoms. The number of fused-ring (bicyclic) bond motifs is 1. The highest BCUT2D eigenvalue weighted by molar-refractivity contribution is 5.50. The first-order chi connectivity index (χ1) is 8.94. The molecule has 4 rings (SSSR count). The first-order valence-electron chi connectivity index (χ1n) is 7.05. The van der Waals surface area contributed by atoms with E-state index in [1.54, 1.807) is 0 Å². The molecule has 0 amide bonds. The quantitative estimate of drug-likeness (QED) is 0.722. The fourth-order valence-corrected chi connectivity index (χ4v) is 4.40. The molecule has 2 atom stereocenters. The lowest BCUT2D eigenvalue weighted by atomic mass is 9.81. The Bertz CT molecular complexity index is 489. The standard InChI is InChI=1S/C18H18/c1-3-8-14(9-4-1)18(15-10-5-2-6-11-15)16-12-7-13-17(16)18/h1-6,8-11,16-17H,7,12-13H2. The van der Waals surface area contributed by atoms with Gasteiger partial charge >= 0.3 is 0 Å². The Kier molecular flexibility index (Phi) is 2.14. The molecular formula is C18H18. The van der Waals surface area contributed by atoms with E-state index < -0.39 is 0 Å². The summed E-state index contributed by atoms with van der Waals surface area (Å²) in [4.78, 5) is 0. The molecule has 0 aliphatic heterocycles. The first kappa shape index (κ1) is 10.4. The van der Waals surface area contributed by atoms with Crippen LogP contribution < -0.4 is 0 Å². The summed E-state index contributed by atoms with van der Waals surface area (Å²) in [5, 5.41) is 0. The van der Waals surface area contributed by atoms with Crippen LogP contribution in [0.4, 0.5) is 0 Å². The zero-order chi connectivity index (χ0) is 12.0. The predicted molar refractivity (Wildman–Crippen MR) is 74.5 cm³/mol. The van der Waals surface area contributed by atoms with Gasteiger partial charge in [-0.3, -0.25) is 0 Å². The van der Waals surface area contributed by atoms with Crippen LogP contribution in [-0.4, -0.2) is 0 Å². The maximum absolute atomic E-state index is 2.32. The third-order valence-corrected chi connectivity index (χ3v) is 5.08. The zero-order valence-electron chi connectivity index (χ0n) is 10.5. The van der Waals surface area contributed by atoms with E-state index in [9.17, 15) is 0 Å². The lowest BCUT2D eigenvalue weighted by Gasteiger charge is -2.22. The minimum Gasteiger partial charge on any atom is -0.0622 e. The van der Waals surface area contributed by atoms with Gasteiger partial charge in [0.05, 0.1) is 0 Å². The maximum atomic E-state index is 2.32. The maximum Gasteiger partial charge on any atom is 0.0265 e. The van der Waals surface area contributed by atoms with Crippen LogP contribution in [-0.2, 0) is 5.41 Å². The number of hydrogen-bond acceptors (Lipinski definition) is 0. The largest absolute Gasteiger partial charge is 0.0622 e. The van der Waals surface area contributed by atoms with Crippen LogP contribution in [0.25, 0.3) is 0 Å². The van der Waals surface area contributed by atoms with Crippen molar-refractivity contribution >= 4 is 0 Å². The van der Waals surface area contributed by atoms with Gasteiger partial charge in [-0.1, -0.05) is 67.1 Å². The van der Waals surface area contributed by atoms with E-state index >= 15 is 0 Å². The van der Waals surface area contributed by atoms with Crippen LogP contribution >= 0.6 is 0 Å². The van der Waals surface area contributed by atoms with Crippen molar-refractivity contribution in [2.24, 2.45) is 11.8 Å². The van der Waals surface area contributed by atoms with Crippen molar-refractivity contribution in [3.05, 3.63) is 71.8 Å². The van der Waals surface area contributed by atoms with Crippen LogP contribution in [0.1, 0.15) is 30.4 Å². The van der Waals surface area contributed by atoms with Crippen LogP contribution in [0.5, 0.6) is 0 Å².